The molecule has 0 spiro atoms. The van der Waals surface area contributed by atoms with Crippen LogP contribution in [0, 0.1) is 12.8 Å². The smallest absolute Gasteiger partial charge is 0.244 e. The third kappa shape index (κ3) is 4.95. The van der Waals surface area contributed by atoms with Crippen LogP contribution in [0.3, 0.4) is 0 Å². The monoisotopic (exact) mass is 506 g/mol. The molecule has 3 fully saturated rings. The van der Waals surface area contributed by atoms with Crippen LogP contribution < -0.4 is 5.32 Å². The molecule has 2 saturated carbocycles. The summed E-state index contributed by atoms with van der Waals surface area (Å²) in [5, 5.41) is 7.33. The minimum absolute atomic E-state index is 0.0947. The average Bonchev–Trinajstić information content (AvgIpc) is 3.33. The number of sulfonamides is 1. The molecular weight excluding hydrogens is 472 g/mol. The molecule has 8 nitrogen and oxygen atoms in total. The lowest BCUT2D eigenvalue weighted by atomic mass is 9.85. The molecule has 1 aliphatic heterocycles. The van der Waals surface area contributed by atoms with Crippen LogP contribution in [0.2, 0.25) is 0 Å². The summed E-state index contributed by atoms with van der Waals surface area (Å²) in [6, 6.07) is 1.95. The number of aryl methyl sites for hydroxylation is 1. The molecule has 2 aromatic rings. The number of aromatic nitrogens is 2. The standard InChI is InChI=1S/C24H34N4O4S2/c1-16-21(15-20(33-16)22-26-24(32-27-22)18-7-6-8-18)34(30,31)28-13-11-17(12-14-28)23(29)25-19-9-4-2-3-5-10-19/h15,17-19H,2-14H2,1H3,(H,25,29). The molecule has 0 atom stereocenters. The topological polar surface area (TPSA) is 105 Å². The molecule has 0 unspecified atom stereocenters. The second-order valence-electron chi connectivity index (χ2n) is 9.99. The molecule has 2 aliphatic carbocycles. The van der Waals surface area contributed by atoms with Gasteiger partial charge in [0.1, 0.15) is 0 Å². The van der Waals surface area contributed by atoms with Crippen LogP contribution in [0.4, 0.5) is 0 Å². The van der Waals surface area contributed by atoms with E-state index in [0.717, 1.165) is 30.6 Å². The third-order valence-electron chi connectivity index (χ3n) is 7.63. The van der Waals surface area contributed by atoms with Gasteiger partial charge < -0.3 is 9.84 Å². The van der Waals surface area contributed by atoms with Crippen molar-refractivity contribution in [1.82, 2.24) is 19.8 Å². The van der Waals surface area contributed by atoms with Gasteiger partial charge in [-0.1, -0.05) is 37.3 Å². The third-order valence-corrected chi connectivity index (χ3v) is 10.8. The van der Waals surface area contributed by atoms with E-state index in [1.807, 2.05) is 6.92 Å². The fourth-order valence-electron chi connectivity index (χ4n) is 5.23. The fraction of sp³-hybridized carbons (Fsp3) is 0.708. The minimum Gasteiger partial charge on any atom is -0.353 e. The number of hydrogen-bond acceptors (Lipinski definition) is 7. The predicted octanol–water partition coefficient (Wildman–Crippen LogP) is 4.61. The molecule has 5 rings (SSSR count). The number of carbonyl (C=O) groups excluding carboxylic acids is 1. The first kappa shape index (κ1) is 23.9. The van der Waals surface area contributed by atoms with E-state index >= 15 is 0 Å². The molecule has 1 saturated heterocycles. The van der Waals surface area contributed by atoms with Crippen molar-refractivity contribution >= 4 is 27.3 Å². The molecule has 0 radical (unpaired) electrons. The van der Waals surface area contributed by atoms with Gasteiger partial charge in [-0.2, -0.15) is 9.29 Å². The van der Waals surface area contributed by atoms with Gasteiger partial charge in [0.2, 0.25) is 27.6 Å². The Morgan fingerprint density at radius 2 is 1.76 bits per heavy atom. The van der Waals surface area contributed by atoms with Gasteiger partial charge in [0.05, 0.1) is 9.77 Å². The maximum atomic E-state index is 13.4. The molecule has 2 aromatic heterocycles. The molecule has 0 bridgehead atoms. The average molecular weight is 507 g/mol. The van der Waals surface area contributed by atoms with Crippen LogP contribution in [0.5, 0.6) is 0 Å². The van der Waals surface area contributed by atoms with E-state index in [4.69, 9.17) is 4.52 Å². The Morgan fingerprint density at radius 1 is 1.06 bits per heavy atom. The summed E-state index contributed by atoms with van der Waals surface area (Å²) >= 11 is 1.38. The van der Waals surface area contributed by atoms with E-state index in [2.05, 4.69) is 15.5 Å². The van der Waals surface area contributed by atoms with Gasteiger partial charge in [-0.25, -0.2) is 8.42 Å². The van der Waals surface area contributed by atoms with Gasteiger partial charge >= 0.3 is 0 Å². The van der Waals surface area contributed by atoms with Crippen molar-refractivity contribution in [3.05, 3.63) is 16.8 Å². The van der Waals surface area contributed by atoms with Crippen LogP contribution in [0.15, 0.2) is 15.5 Å². The highest BCUT2D eigenvalue weighted by atomic mass is 32.2. The second-order valence-corrected chi connectivity index (χ2v) is 13.2. The van der Waals surface area contributed by atoms with E-state index in [1.54, 1.807) is 6.07 Å². The fourth-order valence-corrected chi connectivity index (χ4v) is 8.18. The lowest BCUT2D eigenvalue weighted by molar-refractivity contribution is -0.126. The maximum absolute atomic E-state index is 13.4. The molecule has 1 amide bonds. The van der Waals surface area contributed by atoms with Crippen molar-refractivity contribution in [1.29, 1.82) is 0 Å². The SMILES string of the molecule is Cc1sc(-c2noc(C3CCC3)n2)cc1S(=O)(=O)N1CCC(C(=O)NC2CCCCCC2)CC1. The summed E-state index contributed by atoms with van der Waals surface area (Å²) in [6.45, 7) is 2.55. The zero-order chi connectivity index (χ0) is 23.7. The minimum atomic E-state index is -3.64. The van der Waals surface area contributed by atoms with Crippen molar-refractivity contribution in [2.45, 2.75) is 94.4 Å². The van der Waals surface area contributed by atoms with Crippen molar-refractivity contribution < 1.29 is 17.7 Å². The highest BCUT2D eigenvalue weighted by molar-refractivity contribution is 7.89. The number of thiophene rings is 1. The first-order valence-corrected chi connectivity index (χ1v) is 14.9. The molecule has 3 aliphatic rings. The Labute approximate surface area is 205 Å². The second kappa shape index (κ2) is 10.1. The molecule has 3 heterocycles. The number of carbonyl (C=O) groups is 1. The van der Waals surface area contributed by atoms with Gasteiger partial charge in [-0.3, -0.25) is 4.79 Å². The van der Waals surface area contributed by atoms with Crippen LogP contribution in [0.1, 0.15) is 87.3 Å². The van der Waals surface area contributed by atoms with Crippen LogP contribution in [-0.4, -0.2) is 47.9 Å². The van der Waals surface area contributed by atoms with Crippen LogP contribution in [0.25, 0.3) is 10.7 Å². The number of piperidine rings is 1. The van der Waals surface area contributed by atoms with Gasteiger partial charge in [-0.15, -0.1) is 11.3 Å². The summed E-state index contributed by atoms with van der Waals surface area (Å²) in [5.41, 5.74) is 0. The van der Waals surface area contributed by atoms with Crippen LogP contribution in [-0.2, 0) is 14.8 Å². The van der Waals surface area contributed by atoms with Gasteiger partial charge in [-0.05, 0) is 51.5 Å². The van der Waals surface area contributed by atoms with Crippen molar-refractivity contribution in [3.8, 4) is 10.7 Å². The molecule has 34 heavy (non-hydrogen) atoms. The number of nitrogens with zero attached hydrogens (tertiary/aromatic N) is 3. The Hall–Kier alpha value is -1.78. The molecule has 0 aromatic carbocycles. The summed E-state index contributed by atoms with van der Waals surface area (Å²) in [5.74, 6) is 1.44. The Bertz CT molecular complexity index is 1110. The highest BCUT2D eigenvalue weighted by Crippen LogP contribution is 2.38. The molecule has 10 heteroatoms. The van der Waals surface area contributed by atoms with Gasteiger partial charge in [0.15, 0.2) is 0 Å². The Morgan fingerprint density at radius 3 is 2.41 bits per heavy atom. The largest absolute Gasteiger partial charge is 0.353 e. The highest BCUT2D eigenvalue weighted by Gasteiger charge is 2.35. The van der Waals surface area contributed by atoms with E-state index in [9.17, 15) is 13.2 Å². The summed E-state index contributed by atoms with van der Waals surface area (Å²) in [4.78, 5) is 19.1. The van der Waals surface area contributed by atoms with Crippen molar-refractivity contribution in [3.63, 3.8) is 0 Å². The molecule has 186 valence electrons. The van der Waals surface area contributed by atoms with Crippen LogP contribution >= 0.6 is 11.3 Å². The van der Waals surface area contributed by atoms with Gasteiger partial charge in [0.25, 0.3) is 0 Å². The summed E-state index contributed by atoms with van der Waals surface area (Å²) in [7, 11) is -3.64. The van der Waals surface area contributed by atoms with Crippen molar-refractivity contribution in [2.24, 2.45) is 5.92 Å². The molecular formula is C24H34N4O4S2. The molecule has 1 N–H and O–H groups in total. The van der Waals surface area contributed by atoms with Crippen molar-refractivity contribution in [2.75, 3.05) is 13.1 Å². The lowest BCUT2D eigenvalue weighted by Crippen LogP contribution is -2.45. The first-order chi connectivity index (χ1) is 16.4. The Balaban J connectivity index is 1.21. The number of amides is 1. The van der Waals surface area contributed by atoms with Gasteiger partial charge in [0, 0.05) is 35.8 Å². The van der Waals surface area contributed by atoms with E-state index < -0.39 is 10.0 Å². The maximum Gasteiger partial charge on any atom is 0.244 e. The number of hydrogen-bond donors (Lipinski definition) is 1. The zero-order valence-electron chi connectivity index (χ0n) is 19.8. The number of nitrogens with one attached hydrogen (secondary N) is 1. The predicted molar refractivity (Wildman–Crippen MR) is 130 cm³/mol. The van der Waals surface area contributed by atoms with E-state index in [0.29, 0.717) is 53.3 Å². The van der Waals surface area contributed by atoms with E-state index in [1.165, 1.54) is 47.7 Å². The Kier molecular flexibility index (Phi) is 7.09. The lowest BCUT2D eigenvalue weighted by Gasteiger charge is -2.31. The quantitative estimate of drug-likeness (QED) is 0.574. The summed E-state index contributed by atoms with van der Waals surface area (Å²) < 4.78 is 33.8. The normalized spacial score (nSPS) is 21.8. The first-order valence-electron chi connectivity index (χ1n) is 12.7. The van der Waals surface area contributed by atoms with E-state index in [-0.39, 0.29) is 17.9 Å². The zero-order valence-corrected chi connectivity index (χ0v) is 21.4. The summed E-state index contributed by atoms with van der Waals surface area (Å²) in [6.07, 6.45) is 11.4. The number of rotatable bonds is 6.